The number of nitrogen functional groups attached to an aromatic ring is 1. The van der Waals surface area contributed by atoms with Crippen molar-refractivity contribution >= 4 is 11.6 Å². The van der Waals surface area contributed by atoms with Gasteiger partial charge in [-0.25, -0.2) is 5.48 Å². The zero-order valence-corrected chi connectivity index (χ0v) is 13.4. The molecule has 0 heterocycles. The SMILES string of the molecule is CN(CCONC(=O)c1ccccc1)CCc1ccc(N)cc1. The molecule has 1 amide bonds. The highest BCUT2D eigenvalue weighted by molar-refractivity contribution is 5.93. The average molecular weight is 313 g/mol. The lowest BCUT2D eigenvalue weighted by Gasteiger charge is -2.16. The number of amides is 1. The van der Waals surface area contributed by atoms with Crippen LogP contribution < -0.4 is 11.2 Å². The summed E-state index contributed by atoms with van der Waals surface area (Å²) in [6.45, 7) is 2.10. The second kappa shape index (κ2) is 8.92. The molecule has 0 aliphatic heterocycles. The lowest BCUT2D eigenvalue weighted by Crippen LogP contribution is -2.30. The minimum absolute atomic E-state index is 0.227. The van der Waals surface area contributed by atoms with Crippen molar-refractivity contribution in [1.29, 1.82) is 0 Å². The van der Waals surface area contributed by atoms with Crippen molar-refractivity contribution < 1.29 is 9.63 Å². The Kier molecular flexibility index (Phi) is 6.59. The van der Waals surface area contributed by atoms with E-state index in [0.29, 0.717) is 12.2 Å². The van der Waals surface area contributed by atoms with E-state index in [1.165, 1.54) is 5.56 Å². The van der Waals surface area contributed by atoms with E-state index in [9.17, 15) is 4.79 Å². The molecule has 0 bridgehead atoms. The highest BCUT2D eigenvalue weighted by Crippen LogP contribution is 2.06. The second-order valence-electron chi connectivity index (χ2n) is 5.44. The third kappa shape index (κ3) is 6.10. The van der Waals surface area contributed by atoms with E-state index in [4.69, 9.17) is 10.6 Å². The summed E-state index contributed by atoms with van der Waals surface area (Å²) in [7, 11) is 2.03. The first kappa shape index (κ1) is 17.0. The normalized spacial score (nSPS) is 10.7. The first-order valence-electron chi connectivity index (χ1n) is 7.65. The van der Waals surface area contributed by atoms with Crippen LogP contribution in [0.3, 0.4) is 0 Å². The molecule has 2 aromatic carbocycles. The summed E-state index contributed by atoms with van der Waals surface area (Å²) in [5.74, 6) is -0.227. The minimum atomic E-state index is -0.227. The van der Waals surface area contributed by atoms with Crippen molar-refractivity contribution in [1.82, 2.24) is 10.4 Å². The largest absolute Gasteiger partial charge is 0.399 e. The molecule has 0 saturated carbocycles. The fourth-order valence-electron chi connectivity index (χ4n) is 2.08. The summed E-state index contributed by atoms with van der Waals surface area (Å²) >= 11 is 0. The molecule has 0 unspecified atom stereocenters. The second-order valence-corrected chi connectivity index (χ2v) is 5.44. The van der Waals surface area contributed by atoms with E-state index < -0.39 is 0 Å². The van der Waals surface area contributed by atoms with E-state index >= 15 is 0 Å². The molecular weight excluding hydrogens is 290 g/mol. The van der Waals surface area contributed by atoms with Gasteiger partial charge in [-0.1, -0.05) is 30.3 Å². The molecular formula is C18H23N3O2. The number of nitrogens with zero attached hydrogens (tertiary/aromatic N) is 1. The third-order valence-electron chi connectivity index (χ3n) is 3.54. The van der Waals surface area contributed by atoms with Crippen LogP contribution in [0.4, 0.5) is 5.69 Å². The van der Waals surface area contributed by atoms with Gasteiger partial charge in [-0.2, -0.15) is 0 Å². The molecule has 0 aliphatic carbocycles. The Morgan fingerprint density at radius 2 is 1.78 bits per heavy atom. The smallest absolute Gasteiger partial charge is 0.274 e. The number of hydroxylamine groups is 1. The van der Waals surface area contributed by atoms with Crippen molar-refractivity contribution in [3.63, 3.8) is 0 Å². The zero-order chi connectivity index (χ0) is 16.5. The fourth-order valence-corrected chi connectivity index (χ4v) is 2.08. The highest BCUT2D eigenvalue weighted by Gasteiger charge is 2.04. The van der Waals surface area contributed by atoms with E-state index in [-0.39, 0.29) is 5.91 Å². The predicted octanol–water partition coefficient (Wildman–Crippen LogP) is 2.10. The molecule has 5 nitrogen and oxygen atoms in total. The summed E-state index contributed by atoms with van der Waals surface area (Å²) in [5, 5.41) is 0. The minimum Gasteiger partial charge on any atom is -0.399 e. The number of rotatable bonds is 8. The molecule has 0 radical (unpaired) electrons. The lowest BCUT2D eigenvalue weighted by molar-refractivity contribution is 0.0246. The topological polar surface area (TPSA) is 67.6 Å². The lowest BCUT2D eigenvalue weighted by atomic mass is 10.1. The number of hydrogen-bond acceptors (Lipinski definition) is 4. The summed E-state index contributed by atoms with van der Waals surface area (Å²) in [5.41, 5.74) is 10.7. The number of benzene rings is 2. The molecule has 0 spiro atoms. The quantitative estimate of drug-likeness (QED) is 0.445. The van der Waals surface area contributed by atoms with Gasteiger partial charge in [0.25, 0.3) is 5.91 Å². The maximum absolute atomic E-state index is 11.8. The van der Waals surface area contributed by atoms with Gasteiger partial charge in [0.2, 0.25) is 0 Å². The maximum atomic E-state index is 11.8. The van der Waals surface area contributed by atoms with Gasteiger partial charge in [0.05, 0.1) is 6.61 Å². The van der Waals surface area contributed by atoms with Crippen LogP contribution in [0.2, 0.25) is 0 Å². The van der Waals surface area contributed by atoms with E-state index in [1.54, 1.807) is 12.1 Å². The van der Waals surface area contributed by atoms with Crippen LogP contribution in [0.5, 0.6) is 0 Å². The van der Waals surface area contributed by atoms with E-state index in [2.05, 4.69) is 10.4 Å². The molecule has 2 aromatic rings. The van der Waals surface area contributed by atoms with Crippen molar-refractivity contribution in [2.75, 3.05) is 32.5 Å². The molecule has 23 heavy (non-hydrogen) atoms. The predicted molar refractivity (Wildman–Crippen MR) is 91.9 cm³/mol. The molecule has 3 N–H and O–H groups in total. The monoisotopic (exact) mass is 313 g/mol. The Morgan fingerprint density at radius 3 is 2.48 bits per heavy atom. The van der Waals surface area contributed by atoms with Crippen molar-refractivity contribution in [3.05, 3.63) is 65.7 Å². The van der Waals surface area contributed by atoms with Crippen LogP contribution in [0, 0.1) is 0 Å². The molecule has 0 atom stereocenters. The van der Waals surface area contributed by atoms with Crippen LogP contribution in [0.1, 0.15) is 15.9 Å². The number of nitrogens with two attached hydrogens (primary N) is 1. The van der Waals surface area contributed by atoms with Gasteiger partial charge >= 0.3 is 0 Å². The third-order valence-corrected chi connectivity index (χ3v) is 3.54. The van der Waals surface area contributed by atoms with Crippen LogP contribution in [-0.4, -0.2) is 37.6 Å². The van der Waals surface area contributed by atoms with E-state index in [0.717, 1.165) is 25.2 Å². The van der Waals surface area contributed by atoms with Crippen LogP contribution >= 0.6 is 0 Å². The average Bonchev–Trinajstić information content (AvgIpc) is 2.59. The first-order valence-corrected chi connectivity index (χ1v) is 7.65. The number of carbonyl (C=O) groups is 1. The molecule has 0 aromatic heterocycles. The fraction of sp³-hybridized carbons (Fsp3) is 0.278. The van der Waals surface area contributed by atoms with Crippen LogP contribution in [-0.2, 0) is 11.3 Å². The number of carbonyl (C=O) groups excluding carboxylic acids is 1. The number of nitrogens with one attached hydrogen (secondary N) is 1. The molecule has 0 fully saturated rings. The van der Waals surface area contributed by atoms with Crippen molar-refractivity contribution in [2.24, 2.45) is 0 Å². The molecule has 122 valence electrons. The number of anilines is 1. The molecule has 2 rings (SSSR count). The Bertz CT molecular complexity index is 599. The van der Waals surface area contributed by atoms with Gasteiger partial charge < -0.3 is 10.6 Å². The first-order chi connectivity index (χ1) is 11.1. The van der Waals surface area contributed by atoms with Gasteiger partial charge in [0.1, 0.15) is 0 Å². The molecule has 0 aliphatic rings. The summed E-state index contributed by atoms with van der Waals surface area (Å²) in [6, 6.07) is 16.9. The number of hydrogen-bond donors (Lipinski definition) is 2. The van der Waals surface area contributed by atoms with Gasteiger partial charge in [0.15, 0.2) is 0 Å². The Labute approximate surface area is 137 Å². The van der Waals surface area contributed by atoms with Crippen LogP contribution in [0.15, 0.2) is 54.6 Å². The molecule has 0 saturated heterocycles. The zero-order valence-electron chi connectivity index (χ0n) is 13.4. The van der Waals surface area contributed by atoms with E-state index in [1.807, 2.05) is 49.5 Å². The summed E-state index contributed by atoms with van der Waals surface area (Å²) in [4.78, 5) is 19.2. The number of likely N-dealkylation sites (N-methyl/N-ethyl adjacent to an activating group) is 1. The van der Waals surface area contributed by atoms with Crippen molar-refractivity contribution in [2.45, 2.75) is 6.42 Å². The maximum Gasteiger partial charge on any atom is 0.274 e. The summed E-state index contributed by atoms with van der Waals surface area (Å²) < 4.78 is 0. The van der Waals surface area contributed by atoms with Crippen molar-refractivity contribution in [3.8, 4) is 0 Å². The van der Waals surface area contributed by atoms with Gasteiger partial charge in [-0.3, -0.25) is 9.63 Å². The Morgan fingerprint density at radius 1 is 1.09 bits per heavy atom. The van der Waals surface area contributed by atoms with Crippen LogP contribution in [0.25, 0.3) is 0 Å². The van der Waals surface area contributed by atoms with Gasteiger partial charge in [-0.05, 0) is 43.3 Å². The standard InChI is InChI=1S/C18H23N3O2/c1-21(12-11-15-7-9-17(19)10-8-15)13-14-23-20-18(22)16-5-3-2-4-6-16/h2-10H,11-14,19H2,1H3,(H,20,22). The highest BCUT2D eigenvalue weighted by atomic mass is 16.6. The van der Waals surface area contributed by atoms with Gasteiger partial charge in [-0.15, -0.1) is 0 Å². The summed E-state index contributed by atoms with van der Waals surface area (Å²) in [6.07, 6.45) is 0.952. The van der Waals surface area contributed by atoms with Gasteiger partial charge in [0, 0.05) is 24.3 Å². The molecule has 5 heteroatoms. The Hall–Kier alpha value is -2.37. The Balaban J connectivity index is 1.60.